The minimum absolute atomic E-state index is 1.01. The summed E-state index contributed by atoms with van der Waals surface area (Å²) < 4.78 is 0. The Morgan fingerprint density at radius 1 is 0.857 bits per heavy atom. The van der Waals surface area contributed by atoms with Crippen LogP contribution in [0.2, 0.25) is 0 Å². The van der Waals surface area contributed by atoms with Crippen LogP contribution in [0, 0.1) is 0 Å². The minimum atomic E-state index is 1.01. The van der Waals surface area contributed by atoms with Crippen molar-refractivity contribution in [2.75, 3.05) is 29.4 Å². The van der Waals surface area contributed by atoms with E-state index in [0.29, 0.717) is 0 Å². The Kier molecular flexibility index (Phi) is 3.22. The molecule has 4 nitrogen and oxygen atoms in total. The van der Waals surface area contributed by atoms with Crippen LogP contribution < -0.4 is 9.80 Å². The second-order valence-corrected chi connectivity index (χ2v) is 5.81. The summed E-state index contributed by atoms with van der Waals surface area (Å²) in [5, 5.41) is 0. The molecule has 0 bridgehead atoms. The first-order chi connectivity index (χ1) is 10.4. The van der Waals surface area contributed by atoms with Crippen LogP contribution in [0.4, 0.5) is 17.3 Å². The summed E-state index contributed by atoms with van der Waals surface area (Å²) in [6.07, 6.45) is 6.69. The number of hydrogen-bond donors (Lipinski definition) is 0. The first kappa shape index (κ1) is 12.6. The zero-order valence-electron chi connectivity index (χ0n) is 12.2. The van der Waals surface area contributed by atoms with Gasteiger partial charge in [-0.05, 0) is 37.3 Å². The Morgan fingerprint density at radius 3 is 2.57 bits per heavy atom. The molecule has 1 fully saturated rings. The van der Waals surface area contributed by atoms with Gasteiger partial charge in [-0.3, -0.25) is 0 Å². The maximum atomic E-state index is 4.50. The van der Waals surface area contributed by atoms with Gasteiger partial charge in [-0.1, -0.05) is 18.2 Å². The maximum absolute atomic E-state index is 4.50. The molecule has 21 heavy (non-hydrogen) atoms. The molecule has 4 rings (SSSR count). The summed E-state index contributed by atoms with van der Waals surface area (Å²) in [7, 11) is 0. The SMILES string of the molecule is c1ccc2c(c1)CCN2c1cc(N2CCCCC2)ncn1. The largest absolute Gasteiger partial charge is 0.356 e. The fraction of sp³-hybridized carbons (Fsp3) is 0.412. The van der Waals surface area contributed by atoms with E-state index in [1.165, 1.54) is 30.5 Å². The average Bonchev–Trinajstić information content (AvgIpc) is 3.00. The lowest BCUT2D eigenvalue weighted by atomic mass is 10.1. The van der Waals surface area contributed by atoms with E-state index in [-0.39, 0.29) is 0 Å². The lowest BCUT2D eigenvalue weighted by Gasteiger charge is -2.28. The molecule has 1 aromatic carbocycles. The standard InChI is InChI=1S/C17H20N4/c1-4-9-20(10-5-1)16-12-17(19-13-18-16)21-11-8-14-6-2-3-7-15(14)21/h2-3,6-7,12-13H,1,4-5,8-11H2. The second-order valence-electron chi connectivity index (χ2n) is 5.81. The number of anilines is 3. The van der Waals surface area contributed by atoms with Gasteiger partial charge in [0.2, 0.25) is 0 Å². The normalized spacial score (nSPS) is 17.9. The van der Waals surface area contributed by atoms with E-state index >= 15 is 0 Å². The van der Waals surface area contributed by atoms with Crippen molar-refractivity contribution in [2.24, 2.45) is 0 Å². The Hall–Kier alpha value is -2.10. The lowest BCUT2D eigenvalue weighted by molar-refractivity contribution is 0.573. The number of hydrogen-bond acceptors (Lipinski definition) is 4. The highest BCUT2D eigenvalue weighted by atomic mass is 15.2. The Balaban J connectivity index is 1.64. The van der Waals surface area contributed by atoms with E-state index in [1.54, 1.807) is 6.33 Å². The molecule has 0 amide bonds. The highest BCUT2D eigenvalue weighted by molar-refractivity contribution is 5.68. The number of para-hydroxylation sites is 1. The molecule has 1 saturated heterocycles. The van der Waals surface area contributed by atoms with Gasteiger partial charge >= 0.3 is 0 Å². The van der Waals surface area contributed by atoms with Gasteiger partial charge in [-0.2, -0.15) is 0 Å². The topological polar surface area (TPSA) is 32.3 Å². The van der Waals surface area contributed by atoms with Gasteiger partial charge < -0.3 is 9.80 Å². The second kappa shape index (κ2) is 5.35. The average molecular weight is 280 g/mol. The van der Waals surface area contributed by atoms with E-state index in [1.807, 2.05) is 0 Å². The molecule has 0 saturated carbocycles. The van der Waals surface area contributed by atoms with Crippen molar-refractivity contribution in [2.45, 2.75) is 25.7 Å². The summed E-state index contributed by atoms with van der Waals surface area (Å²) >= 11 is 0. The van der Waals surface area contributed by atoms with Crippen LogP contribution >= 0.6 is 0 Å². The van der Waals surface area contributed by atoms with Crippen molar-refractivity contribution in [1.82, 2.24) is 9.97 Å². The molecule has 2 aromatic rings. The molecule has 0 radical (unpaired) electrons. The van der Waals surface area contributed by atoms with Crippen molar-refractivity contribution < 1.29 is 0 Å². The third-order valence-electron chi connectivity index (χ3n) is 4.48. The smallest absolute Gasteiger partial charge is 0.138 e. The fourth-order valence-electron chi connectivity index (χ4n) is 3.36. The molecule has 2 aliphatic heterocycles. The van der Waals surface area contributed by atoms with E-state index in [0.717, 1.165) is 37.7 Å². The fourth-order valence-corrected chi connectivity index (χ4v) is 3.36. The van der Waals surface area contributed by atoms with E-state index in [4.69, 9.17) is 0 Å². The van der Waals surface area contributed by atoms with Crippen LogP contribution in [0.25, 0.3) is 0 Å². The third kappa shape index (κ3) is 2.35. The molecule has 0 aliphatic carbocycles. The summed E-state index contributed by atoms with van der Waals surface area (Å²) in [5.74, 6) is 2.10. The number of rotatable bonds is 2. The van der Waals surface area contributed by atoms with E-state index < -0.39 is 0 Å². The van der Waals surface area contributed by atoms with Crippen molar-refractivity contribution >= 4 is 17.3 Å². The first-order valence-electron chi connectivity index (χ1n) is 7.84. The van der Waals surface area contributed by atoms with Crippen molar-refractivity contribution in [3.05, 3.63) is 42.2 Å². The summed E-state index contributed by atoms with van der Waals surface area (Å²) in [6, 6.07) is 10.8. The van der Waals surface area contributed by atoms with Crippen molar-refractivity contribution in [1.29, 1.82) is 0 Å². The van der Waals surface area contributed by atoms with Crippen LogP contribution in [0.5, 0.6) is 0 Å². The summed E-state index contributed by atoms with van der Waals surface area (Å²) in [4.78, 5) is 13.7. The highest BCUT2D eigenvalue weighted by Gasteiger charge is 2.22. The van der Waals surface area contributed by atoms with Gasteiger partial charge in [0, 0.05) is 31.4 Å². The molecule has 1 aromatic heterocycles. The van der Waals surface area contributed by atoms with Crippen LogP contribution in [0.15, 0.2) is 36.7 Å². The van der Waals surface area contributed by atoms with Crippen LogP contribution in [-0.4, -0.2) is 29.6 Å². The minimum Gasteiger partial charge on any atom is -0.356 e. The summed E-state index contributed by atoms with van der Waals surface area (Å²) in [5.41, 5.74) is 2.71. The van der Waals surface area contributed by atoms with Crippen LogP contribution in [-0.2, 0) is 6.42 Å². The third-order valence-corrected chi connectivity index (χ3v) is 4.48. The van der Waals surface area contributed by atoms with E-state index in [2.05, 4.69) is 50.1 Å². The van der Waals surface area contributed by atoms with Gasteiger partial charge in [-0.15, -0.1) is 0 Å². The maximum Gasteiger partial charge on any atom is 0.138 e. The number of aromatic nitrogens is 2. The monoisotopic (exact) mass is 280 g/mol. The number of benzene rings is 1. The quantitative estimate of drug-likeness (QED) is 0.846. The molecule has 4 heteroatoms. The van der Waals surface area contributed by atoms with Crippen molar-refractivity contribution in [3.8, 4) is 0 Å². The zero-order valence-corrected chi connectivity index (χ0v) is 12.2. The highest BCUT2D eigenvalue weighted by Crippen LogP contribution is 2.34. The number of piperidine rings is 1. The molecule has 2 aliphatic rings. The molecule has 108 valence electrons. The number of nitrogens with zero attached hydrogens (tertiary/aromatic N) is 4. The molecular weight excluding hydrogens is 260 g/mol. The van der Waals surface area contributed by atoms with Gasteiger partial charge in [-0.25, -0.2) is 9.97 Å². The molecule has 0 unspecified atom stereocenters. The van der Waals surface area contributed by atoms with Gasteiger partial charge in [0.15, 0.2) is 0 Å². The van der Waals surface area contributed by atoms with Crippen LogP contribution in [0.3, 0.4) is 0 Å². The predicted molar refractivity (Wildman–Crippen MR) is 85.2 cm³/mol. The van der Waals surface area contributed by atoms with Crippen LogP contribution in [0.1, 0.15) is 24.8 Å². The van der Waals surface area contributed by atoms with Gasteiger partial charge in [0.25, 0.3) is 0 Å². The Bertz CT molecular complexity index is 634. The Morgan fingerprint density at radius 2 is 1.67 bits per heavy atom. The lowest BCUT2D eigenvalue weighted by Crippen LogP contribution is -2.30. The molecule has 3 heterocycles. The number of fused-ring (bicyclic) bond motifs is 1. The van der Waals surface area contributed by atoms with Gasteiger partial charge in [0.05, 0.1) is 0 Å². The molecular formula is C17H20N4. The van der Waals surface area contributed by atoms with Gasteiger partial charge in [0.1, 0.15) is 18.0 Å². The predicted octanol–water partition coefficient (Wildman–Crippen LogP) is 3.16. The molecule has 0 spiro atoms. The van der Waals surface area contributed by atoms with E-state index in [9.17, 15) is 0 Å². The molecule has 0 atom stereocenters. The first-order valence-corrected chi connectivity index (χ1v) is 7.84. The molecule has 0 N–H and O–H groups in total. The zero-order chi connectivity index (χ0) is 14.1. The van der Waals surface area contributed by atoms with Crippen molar-refractivity contribution in [3.63, 3.8) is 0 Å². The Labute approximate surface area is 125 Å². The summed E-state index contributed by atoms with van der Waals surface area (Å²) in [6.45, 7) is 3.25.